The lowest BCUT2D eigenvalue weighted by Crippen LogP contribution is -2.30. The number of amides is 3. The monoisotopic (exact) mass is 573 g/mol. The molecule has 4 aromatic rings. The van der Waals surface area contributed by atoms with Crippen LogP contribution in [0.2, 0.25) is 5.02 Å². The highest BCUT2D eigenvalue weighted by atomic mass is 35.5. The fourth-order valence-corrected chi connectivity index (χ4v) is 4.44. The molecule has 0 fully saturated rings. The number of halogens is 2. The van der Waals surface area contributed by atoms with Crippen LogP contribution in [0.1, 0.15) is 21.5 Å². The highest BCUT2D eigenvalue weighted by Crippen LogP contribution is 2.23. The molecule has 0 atom stereocenters. The first-order valence-corrected chi connectivity index (χ1v) is 13.6. The van der Waals surface area contributed by atoms with Crippen LogP contribution in [0.5, 0.6) is 0 Å². The smallest absolute Gasteiger partial charge is 0.272 e. The van der Waals surface area contributed by atoms with Gasteiger partial charge in [-0.25, -0.2) is 4.39 Å². The topological polar surface area (TPSA) is 87.3 Å². The number of carbonyl (C=O) groups is 3. The second kappa shape index (κ2) is 13.6. The molecule has 0 heterocycles. The second-order valence-corrected chi connectivity index (χ2v) is 10.2. The minimum atomic E-state index is -0.551. The summed E-state index contributed by atoms with van der Waals surface area (Å²) in [7, 11) is 0. The predicted molar refractivity (Wildman–Crippen MR) is 159 cm³/mol. The number of hydrogen-bond donors (Lipinski definition) is 3. The summed E-state index contributed by atoms with van der Waals surface area (Å²) < 4.78 is 13.4. The van der Waals surface area contributed by atoms with Crippen molar-refractivity contribution >= 4 is 58.5 Å². The molecule has 0 aliphatic carbocycles. The molecule has 0 aliphatic rings. The van der Waals surface area contributed by atoms with Crippen LogP contribution in [0.4, 0.5) is 15.8 Å². The van der Waals surface area contributed by atoms with Crippen LogP contribution in [0.25, 0.3) is 6.08 Å². The lowest BCUT2D eigenvalue weighted by molar-refractivity contribution is -0.114. The summed E-state index contributed by atoms with van der Waals surface area (Å²) in [5.41, 5.74) is 2.99. The molecular weight excluding hydrogens is 549 g/mol. The van der Waals surface area contributed by atoms with Gasteiger partial charge in [0.25, 0.3) is 11.8 Å². The minimum absolute atomic E-state index is 0.00751. The van der Waals surface area contributed by atoms with Crippen LogP contribution in [-0.2, 0) is 9.59 Å². The van der Waals surface area contributed by atoms with Crippen LogP contribution >= 0.6 is 23.4 Å². The van der Waals surface area contributed by atoms with Gasteiger partial charge in [-0.3, -0.25) is 14.4 Å². The van der Waals surface area contributed by atoms with Crippen LogP contribution in [-0.4, -0.2) is 23.5 Å². The van der Waals surface area contributed by atoms with Gasteiger partial charge in [0.1, 0.15) is 11.5 Å². The van der Waals surface area contributed by atoms with E-state index in [1.54, 1.807) is 66.7 Å². The zero-order valence-corrected chi connectivity index (χ0v) is 23.0. The van der Waals surface area contributed by atoms with E-state index >= 15 is 0 Å². The third-order valence-electron chi connectivity index (χ3n) is 5.67. The Hall–Kier alpha value is -4.40. The van der Waals surface area contributed by atoms with Crippen molar-refractivity contribution in [3.05, 3.63) is 130 Å². The number of rotatable bonds is 9. The third kappa shape index (κ3) is 8.30. The van der Waals surface area contributed by atoms with Crippen LogP contribution in [0, 0.1) is 12.7 Å². The molecule has 0 spiro atoms. The molecular formula is C31H25ClFN3O3S. The Kier molecular flexibility index (Phi) is 9.72. The number of hydrogen-bond acceptors (Lipinski definition) is 4. The number of carbonyl (C=O) groups excluding carboxylic acids is 3. The van der Waals surface area contributed by atoms with Gasteiger partial charge in [0.05, 0.1) is 5.75 Å². The highest BCUT2D eigenvalue weighted by molar-refractivity contribution is 8.00. The maximum atomic E-state index is 13.4. The van der Waals surface area contributed by atoms with Crippen molar-refractivity contribution in [2.24, 2.45) is 0 Å². The first kappa shape index (κ1) is 28.6. The number of aryl methyl sites for hydroxylation is 1. The summed E-state index contributed by atoms with van der Waals surface area (Å²) in [6, 6.07) is 26.3. The van der Waals surface area contributed by atoms with Gasteiger partial charge in [-0.05, 0) is 84.8 Å². The first-order valence-electron chi connectivity index (χ1n) is 12.2. The van der Waals surface area contributed by atoms with Crippen molar-refractivity contribution in [1.29, 1.82) is 0 Å². The first-order chi connectivity index (χ1) is 19.3. The molecule has 40 heavy (non-hydrogen) atoms. The standard InChI is InChI=1S/C31H25ClFN3O3S/c1-20-7-10-23(32)18-27(20)35-29(37)19-40-26-15-13-25(14-16-26)34-31(39)28(17-21-8-11-24(33)12-9-21)36-30(38)22-5-3-2-4-6-22/h2-18H,19H2,1H3,(H,34,39)(H,35,37)(H,36,38)/b28-17-. The molecule has 0 aromatic heterocycles. The van der Waals surface area contributed by atoms with E-state index in [0.29, 0.717) is 27.5 Å². The Labute approximate surface area is 240 Å². The second-order valence-electron chi connectivity index (χ2n) is 8.70. The maximum absolute atomic E-state index is 13.4. The number of thioether (sulfide) groups is 1. The SMILES string of the molecule is Cc1ccc(Cl)cc1NC(=O)CSc1ccc(NC(=O)/C(=C/c2ccc(F)cc2)NC(=O)c2ccccc2)cc1. The molecule has 3 amide bonds. The molecule has 0 radical (unpaired) electrons. The van der Waals surface area contributed by atoms with Gasteiger partial charge < -0.3 is 16.0 Å². The minimum Gasteiger partial charge on any atom is -0.325 e. The van der Waals surface area contributed by atoms with Gasteiger partial charge in [0.2, 0.25) is 5.91 Å². The largest absolute Gasteiger partial charge is 0.325 e. The van der Waals surface area contributed by atoms with Gasteiger partial charge in [0.15, 0.2) is 0 Å². The Morgan fingerprint density at radius 3 is 2.27 bits per heavy atom. The molecule has 4 rings (SSSR count). The Balaban J connectivity index is 1.40. The molecule has 3 N–H and O–H groups in total. The summed E-state index contributed by atoms with van der Waals surface area (Å²) in [6.07, 6.45) is 1.47. The van der Waals surface area contributed by atoms with Crippen molar-refractivity contribution in [2.45, 2.75) is 11.8 Å². The van der Waals surface area contributed by atoms with Crippen LogP contribution in [0.15, 0.2) is 108 Å². The quantitative estimate of drug-likeness (QED) is 0.150. The van der Waals surface area contributed by atoms with Gasteiger partial charge in [0, 0.05) is 26.9 Å². The van der Waals surface area contributed by atoms with Gasteiger partial charge >= 0.3 is 0 Å². The zero-order chi connectivity index (χ0) is 28.5. The van der Waals surface area contributed by atoms with E-state index in [-0.39, 0.29) is 17.4 Å². The molecule has 9 heteroatoms. The van der Waals surface area contributed by atoms with E-state index < -0.39 is 17.6 Å². The Morgan fingerprint density at radius 1 is 0.875 bits per heavy atom. The van der Waals surface area contributed by atoms with E-state index in [2.05, 4.69) is 16.0 Å². The van der Waals surface area contributed by atoms with Crippen molar-refractivity contribution < 1.29 is 18.8 Å². The summed E-state index contributed by atoms with van der Waals surface area (Å²) in [6.45, 7) is 1.89. The number of anilines is 2. The van der Waals surface area contributed by atoms with E-state index in [0.717, 1.165) is 10.5 Å². The third-order valence-corrected chi connectivity index (χ3v) is 6.91. The molecule has 0 saturated carbocycles. The summed E-state index contributed by atoms with van der Waals surface area (Å²) in [4.78, 5) is 39.1. The van der Waals surface area contributed by atoms with Crippen molar-refractivity contribution in [3.63, 3.8) is 0 Å². The molecule has 0 aliphatic heterocycles. The maximum Gasteiger partial charge on any atom is 0.272 e. The fraction of sp³-hybridized carbons (Fsp3) is 0.0645. The lowest BCUT2D eigenvalue weighted by atomic mass is 10.1. The van der Waals surface area contributed by atoms with E-state index in [1.165, 1.54) is 42.1 Å². The Morgan fingerprint density at radius 2 is 1.57 bits per heavy atom. The normalized spacial score (nSPS) is 11.0. The lowest BCUT2D eigenvalue weighted by Gasteiger charge is -2.12. The fourth-order valence-electron chi connectivity index (χ4n) is 3.57. The zero-order valence-electron chi connectivity index (χ0n) is 21.4. The average molecular weight is 574 g/mol. The molecule has 0 saturated heterocycles. The van der Waals surface area contributed by atoms with Crippen LogP contribution < -0.4 is 16.0 Å². The van der Waals surface area contributed by atoms with E-state index in [4.69, 9.17) is 11.6 Å². The van der Waals surface area contributed by atoms with Crippen LogP contribution in [0.3, 0.4) is 0 Å². The molecule has 0 unspecified atom stereocenters. The molecule has 0 bridgehead atoms. The van der Waals surface area contributed by atoms with E-state index in [1.807, 2.05) is 13.0 Å². The summed E-state index contributed by atoms with van der Waals surface area (Å²) >= 11 is 7.36. The van der Waals surface area contributed by atoms with Crippen molar-refractivity contribution in [3.8, 4) is 0 Å². The Bertz CT molecular complexity index is 1540. The molecule has 4 aromatic carbocycles. The number of nitrogens with one attached hydrogen (secondary N) is 3. The predicted octanol–water partition coefficient (Wildman–Crippen LogP) is 6.93. The number of benzene rings is 4. The van der Waals surface area contributed by atoms with Gasteiger partial charge in [-0.1, -0.05) is 48.0 Å². The van der Waals surface area contributed by atoms with Crippen molar-refractivity contribution in [1.82, 2.24) is 5.32 Å². The average Bonchev–Trinajstić information content (AvgIpc) is 2.96. The van der Waals surface area contributed by atoms with E-state index in [9.17, 15) is 18.8 Å². The molecule has 6 nitrogen and oxygen atoms in total. The highest BCUT2D eigenvalue weighted by Gasteiger charge is 2.15. The van der Waals surface area contributed by atoms with Gasteiger partial charge in [-0.15, -0.1) is 11.8 Å². The van der Waals surface area contributed by atoms with Crippen molar-refractivity contribution in [2.75, 3.05) is 16.4 Å². The van der Waals surface area contributed by atoms with Gasteiger partial charge in [-0.2, -0.15) is 0 Å². The summed E-state index contributed by atoms with van der Waals surface area (Å²) in [5.74, 6) is -1.40. The molecule has 202 valence electrons. The summed E-state index contributed by atoms with van der Waals surface area (Å²) in [5, 5.41) is 8.82.